The molecule has 0 saturated heterocycles. The van der Waals surface area contributed by atoms with Crippen molar-refractivity contribution in [1.82, 2.24) is 0 Å². The molecule has 2 aromatic carbocycles. The standard InChI is InChI=1S/C14H10Cl2F2O/c15-10-3-9(4-11(16)7-10)14(19)6-8-5-12(17)1-2-13(8)18/h1-5,7,14,19H,6H2. The molecule has 100 valence electrons. The Morgan fingerprint density at radius 3 is 2.26 bits per heavy atom. The number of hydrogen-bond donors (Lipinski definition) is 1. The Kier molecular flexibility index (Phi) is 4.40. The van der Waals surface area contributed by atoms with Gasteiger partial charge in [-0.1, -0.05) is 23.2 Å². The summed E-state index contributed by atoms with van der Waals surface area (Å²) in [6, 6.07) is 7.72. The molecule has 0 aliphatic heterocycles. The minimum atomic E-state index is -1.01. The van der Waals surface area contributed by atoms with E-state index in [0.717, 1.165) is 18.2 Å². The molecule has 1 nitrogen and oxygen atoms in total. The SMILES string of the molecule is OC(Cc1cc(F)ccc1F)c1cc(Cl)cc(Cl)c1. The van der Waals surface area contributed by atoms with Crippen molar-refractivity contribution in [3.8, 4) is 0 Å². The average Bonchev–Trinajstić information content (AvgIpc) is 2.32. The number of benzene rings is 2. The number of hydrogen-bond acceptors (Lipinski definition) is 1. The molecule has 0 aliphatic carbocycles. The molecule has 1 unspecified atom stereocenters. The molecule has 1 atom stereocenters. The minimum Gasteiger partial charge on any atom is -0.388 e. The Hall–Kier alpha value is -1.16. The summed E-state index contributed by atoms with van der Waals surface area (Å²) in [5.41, 5.74) is 0.560. The van der Waals surface area contributed by atoms with Crippen molar-refractivity contribution < 1.29 is 13.9 Å². The molecule has 2 aromatic rings. The van der Waals surface area contributed by atoms with Gasteiger partial charge in [0.15, 0.2) is 0 Å². The minimum absolute atomic E-state index is 0.0553. The molecule has 2 rings (SSSR count). The predicted octanol–water partition coefficient (Wildman–Crippen LogP) is 4.55. The first-order chi connectivity index (χ1) is 8.95. The third-order valence-corrected chi connectivity index (χ3v) is 3.13. The maximum Gasteiger partial charge on any atom is 0.126 e. The van der Waals surface area contributed by atoms with Crippen LogP contribution in [-0.2, 0) is 6.42 Å². The van der Waals surface area contributed by atoms with Crippen LogP contribution in [0.4, 0.5) is 8.78 Å². The van der Waals surface area contributed by atoms with Crippen molar-refractivity contribution in [2.75, 3.05) is 0 Å². The smallest absolute Gasteiger partial charge is 0.126 e. The maximum absolute atomic E-state index is 13.5. The van der Waals surface area contributed by atoms with Crippen molar-refractivity contribution in [2.24, 2.45) is 0 Å². The van der Waals surface area contributed by atoms with Crippen LogP contribution in [0.3, 0.4) is 0 Å². The Labute approximate surface area is 119 Å². The topological polar surface area (TPSA) is 20.2 Å². The van der Waals surface area contributed by atoms with Crippen LogP contribution < -0.4 is 0 Å². The fraction of sp³-hybridized carbons (Fsp3) is 0.143. The van der Waals surface area contributed by atoms with Gasteiger partial charge in [0.2, 0.25) is 0 Å². The highest BCUT2D eigenvalue weighted by atomic mass is 35.5. The second-order valence-corrected chi connectivity index (χ2v) is 5.03. The maximum atomic E-state index is 13.5. The molecule has 0 heterocycles. The van der Waals surface area contributed by atoms with E-state index in [-0.39, 0.29) is 12.0 Å². The zero-order valence-electron chi connectivity index (χ0n) is 9.71. The number of aliphatic hydroxyl groups is 1. The first-order valence-electron chi connectivity index (χ1n) is 5.53. The van der Waals surface area contributed by atoms with Gasteiger partial charge < -0.3 is 5.11 Å². The third-order valence-electron chi connectivity index (χ3n) is 2.69. The molecular formula is C14H10Cl2F2O. The van der Waals surface area contributed by atoms with Crippen LogP contribution in [0, 0.1) is 11.6 Å². The van der Waals surface area contributed by atoms with E-state index in [0.29, 0.717) is 15.6 Å². The summed E-state index contributed by atoms with van der Waals surface area (Å²) in [5.74, 6) is -1.11. The lowest BCUT2D eigenvalue weighted by Crippen LogP contribution is -2.04. The summed E-state index contributed by atoms with van der Waals surface area (Å²) >= 11 is 11.6. The van der Waals surface area contributed by atoms with Gasteiger partial charge in [-0.3, -0.25) is 0 Å². The average molecular weight is 303 g/mol. The van der Waals surface area contributed by atoms with E-state index in [4.69, 9.17) is 23.2 Å². The summed E-state index contributed by atoms with van der Waals surface area (Å²) in [6.45, 7) is 0. The van der Waals surface area contributed by atoms with Crippen LogP contribution in [0.25, 0.3) is 0 Å². The fourth-order valence-electron chi connectivity index (χ4n) is 1.79. The first-order valence-corrected chi connectivity index (χ1v) is 6.29. The highest BCUT2D eigenvalue weighted by molar-refractivity contribution is 6.34. The molecule has 0 amide bonds. The summed E-state index contributed by atoms with van der Waals surface area (Å²) in [6.07, 6.45) is -1.06. The van der Waals surface area contributed by atoms with Crippen LogP contribution >= 0.6 is 23.2 Å². The van der Waals surface area contributed by atoms with E-state index in [9.17, 15) is 13.9 Å². The van der Waals surface area contributed by atoms with Gasteiger partial charge in [0.1, 0.15) is 11.6 Å². The molecule has 1 N–H and O–H groups in total. The molecule has 0 radical (unpaired) electrons. The highest BCUT2D eigenvalue weighted by Crippen LogP contribution is 2.26. The second kappa shape index (κ2) is 5.87. The third kappa shape index (κ3) is 3.66. The normalized spacial score (nSPS) is 12.5. The van der Waals surface area contributed by atoms with E-state index >= 15 is 0 Å². The van der Waals surface area contributed by atoms with Crippen molar-refractivity contribution in [3.63, 3.8) is 0 Å². The molecule has 19 heavy (non-hydrogen) atoms. The van der Waals surface area contributed by atoms with Gasteiger partial charge in [-0.15, -0.1) is 0 Å². The zero-order valence-corrected chi connectivity index (χ0v) is 11.2. The Balaban J connectivity index is 2.25. The van der Waals surface area contributed by atoms with Gasteiger partial charge >= 0.3 is 0 Å². The van der Waals surface area contributed by atoms with Crippen molar-refractivity contribution in [1.29, 1.82) is 0 Å². The van der Waals surface area contributed by atoms with Gasteiger partial charge in [0, 0.05) is 16.5 Å². The Bertz CT molecular complexity index is 582. The van der Waals surface area contributed by atoms with E-state index < -0.39 is 17.7 Å². The molecule has 0 fully saturated rings. The largest absolute Gasteiger partial charge is 0.388 e. The van der Waals surface area contributed by atoms with Crippen molar-refractivity contribution in [2.45, 2.75) is 12.5 Å². The van der Waals surface area contributed by atoms with E-state index in [1.807, 2.05) is 0 Å². The lowest BCUT2D eigenvalue weighted by atomic mass is 10.0. The predicted molar refractivity (Wildman–Crippen MR) is 71.5 cm³/mol. The van der Waals surface area contributed by atoms with Crippen LogP contribution in [0.2, 0.25) is 10.0 Å². The molecular weight excluding hydrogens is 293 g/mol. The summed E-state index contributed by atoms with van der Waals surface area (Å²) in [4.78, 5) is 0. The van der Waals surface area contributed by atoms with Crippen LogP contribution in [0.5, 0.6) is 0 Å². The summed E-state index contributed by atoms with van der Waals surface area (Å²) in [7, 11) is 0. The van der Waals surface area contributed by atoms with E-state index in [1.165, 1.54) is 18.2 Å². The van der Waals surface area contributed by atoms with Crippen LogP contribution in [0.15, 0.2) is 36.4 Å². The lowest BCUT2D eigenvalue weighted by Gasteiger charge is -2.12. The molecule has 0 bridgehead atoms. The quantitative estimate of drug-likeness (QED) is 0.882. The highest BCUT2D eigenvalue weighted by Gasteiger charge is 2.13. The number of aliphatic hydroxyl groups excluding tert-OH is 1. The Morgan fingerprint density at radius 2 is 1.63 bits per heavy atom. The number of rotatable bonds is 3. The monoisotopic (exact) mass is 302 g/mol. The molecule has 5 heteroatoms. The van der Waals surface area contributed by atoms with E-state index in [2.05, 4.69) is 0 Å². The Morgan fingerprint density at radius 1 is 1.00 bits per heavy atom. The van der Waals surface area contributed by atoms with Gasteiger partial charge in [0.05, 0.1) is 6.10 Å². The molecule has 0 aliphatic rings. The first kappa shape index (κ1) is 14.3. The molecule has 0 saturated carbocycles. The van der Waals surface area contributed by atoms with E-state index in [1.54, 1.807) is 0 Å². The van der Waals surface area contributed by atoms with Gasteiger partial charge in [-0.05, 0) is 47.5 Å². The molecule has 0 spiro atoms. The fourth-order valence-corrected chi connectivity index (χ4v) is 2.34. The van der Waals surface area contributed by atoms with Crippen molar-refractivity contribution in [3.05, 3.63) is 69.2 Å². The van der Waals surface area contributed by atoms with Gasteiger partial charge in [-0.2, -0.15) is 0 Å². The summed E-state index contributed by atoms with van der Waals surface area (Å²) < 4.78 is 26.5. The van der Waals surface area contributed by atoms with Gasteiger partial charge in [0.25, 0.3) is 0 Å². The lowest BCUT2D eigenvalue weighted by molar-refractivity contribution is 0.177. The van der Waals surface area contributed by atoms with Crippen LogP contribution in [-0.4, -0.2) is 5.11 Å². The number of halogens is 4. The summed E-state index contributed by atoms with van der Waals surface area (Å²) in [5, 5.41) is 10.8. The van der Waals surface area contributed by atoms with Crippen LogP contribution in [0.1, 0.15) is 17.2 Å². The second-order valence-electron chi connectivity index (χ2n) is 4.16. The zero-order chi connectivity index (χ0) is 14.0. The van der Waals surface area contributed by atoms with Gasteiger partial charge in [-0.25, -0.2) is 8.78 Å². The molecule has 0 aromatic heterocycles. The van der Waals surface area contributed by atoms with Crippen molar-refractivity contribution >= 4 is 23.2 Å².